The molecule has 94 valence electrons. The van der Waals surface area contributed by atoms with E-state index in [0.717, 1.165) is 22.2 Å². The smallest absolute Gasteiger partial charge is 0.275 e. The Morgan fingerprint density at radius 3 is 2.67 bits per heavy atom. The molecule has 1 amide bonds. The fraction of sp³-hybridized carbons (Fsp3) is 0.286. The highest BCUT2D eigenvalue weighted by molar-refractivity contribution is 6.05. The fourth-order valence-electron chi connectivity index (χ4n) is 1.98. The van der Waals surface area contributed by atoms with E-state index < -0.39 is 5.91 Å². The first-order valence-electron chi connectivity index (χ1n) is 5.88. The van der Waals surface area contributed by atoms with Gasteiger partial charge in [-0.05, 0) is 36.6 Å². The van der Waals surface area contributed by atoms with Crippen molar-refractivity contribution in [2.75, 3.05) is 0 Å². The quantitative estimate of drug-likeness (QED) is 0.630. The zero-order chi connectivity index (χ0) is 13.3. The Balaban J connectivity index is 2.74. The van der Waals surface area contributed by atoms with Crippen LogP contribution < -0.4 is 5.48 Å². The van der Waals surface area contributed by atoms with Gasteiger partial charge in [0.1, 0.15) is 0 Å². The molecule has 0 aliphatic heterocycles. The standard InChI is InChI=1S/C14H16N2O2/c1-8(2)10-4-5-13-11(7-10)12(14(17)16-18)6-9(3)15-13/h4-8,18H,1-3H3,(H,16,17). The second-order valence-electron chi connectivity index (χ2n) is 4.68. The molecule has 4 nitrogen and oxygen atoms in total. The molecule has 1 heterocycles. The van der Waals surface area contributed by atoms with Gasteiger partial charge >= 0.3 is 0 Å². The highest BCUT2D eigenvalue weighted by Gasteiger charge is 2.12. The Morgan fingerprint density at radius 1 is 1.33 bits per heavy atom. The third-order valence-corrected chi connectivity index (χ3v) is 2.97. The molecule has 2 N–H and O–H groups in total. The van der Waals surface area contributed by atoms with Crippen LogP contribution in [0.2, 0.25) is 0 Å². The number of hydroxylamine groups is 1. The van der Waals surface area contributed by atoms with Gasteiger partial charge in [-0.25, -0.2) is 5.48 Å². The van der Waals surface area contributed by atoms with E-state index in [1.807, 2.05) is 25.1 Å². The monoisotopic (exact) mass is 244 g/mol. The van der Waals surface area contributed by atoms with Crippen molar-refractivity contribution in [3.05, 3.63) is 41.1 Å². The average Bonchev–Trinajstić information content (AvgIpc) is 2.36. The number of pyridine rings is 1. The number of nitrogens with one attached hydrogen (secondary N) is 1. The summed E-state index contributed by atoms with van der Waals surface area (Å²) in [7, 11) is 0. The lowest BCUT2D eigenvalue weighted by molar-refractivity contribution is 0.0708. The third-order valence-electron chi connectivity index (χ3n) is 2.97. The molecule has 0 saturated heterocycles. The van der Waals surface area contributed by atoms with E-state index >= 15 is 0 Å². The van der Waals surface area contributed by atoms with Gasteiger partial charge in [-0.1, -0.05) is 19.9 Å². The number of rotatable bonds is 2. The summed E-state index contributed by atoms with van der Waals surface area (Å²) in [6, 6.07) is 7.56. The number of hydrogen-bond acceptors (Lipinski definition) is 3. The topological polar surface area (TPSA) is 62.2 Å². The normalized spacial score (nSPS) is 10.9. The molecule has 0 fully saturated rings. The summed E-state index contributed by atoms with van der Waals surface area (Å²) in [6.45, 7) is 6.01. The van der Waals surface area contributed by atoms with Gasteiger partial charge in [0.25, 0.3) is 5.91 Å². The lowest BCUT2D eigenvalue weighted by Crippen LogP contribution is -2.19. The number of carbonyl (C=O) groups is 1. The highest BCUT2D eigenvalue weighted by Crippen LogP contribution is 2.23. The largest absolute Gasteiger partial charge is 0.288 e. The van der Waals surface area contributed by atoms with Crippen molar-refractivity contribution in [3.63, 3.8) is 0 Å². The van der Waals surface area contributed by atoms with Crippen molar-refractivity contribution >= 4 is 16.8 Å². The minimum atomic E-state index is -0.508. The van der Waals surface area contributed by atoms with Crippen LogP contribution in [0, 0.1) is 6.92 Å². The first-order valence-corrected chi connectivity index (χ1v) is 5.88. The fourth-order valence-corrected chi connectivity index (χ4v) is 1.98. The van der Waals surface area contributed by atoms with Crippen LogP contribution in [0.5, 0.6) is 0 Å². The summed E-state index contributed by atoms with van der Waals surface area (Å²) in [5.41, 5.74) is 4.78. The predicted octanol–water partition coefficient (Wildman–Crippen LogP) is 2.79. The third kappa shape index (κ3) is 2.19. The summed E-state index contributed by atoms with van der Waals surface area (Å²) in [5, 5.41) is 9.56. The number of aryl methyl sites for hydroxylation is 1. The van der Waals surface area contributed by atoms with Gasteiger partial charge in [0, 0.05) is 11.1 Å². The molecule has 0 saturated carbocycles. The second-order valence-corrected chi connectivity index (χ2v) is 4.68. The van der Waals surface area contributed by atoms with Crippen LogP contribution in [0.15, 0.2) is 24.3 Å². The average molecular weight is 244 g/mol. The van der Waals surface area contributed by atoms with E-state index in [-0.39, 0.29) is 0 Å². The van der Waals surface area contributed by atoms with E-state index in [2.05, 4.69) is 18.8 Å². The minimum absolute atomic E-state index is 0.376. The van der Waals surface area contributed by atoms with Crippen LogP contribution in [0.4, 0.5) is 0 Å². The van der Waals surface area contributed by atoms with Crippen LogP contribution in [0.1, 0.15) is 41.4 Å². The Hall–Kier alpha value is -1.94. The molecule has 2 aromatic rings. The highest BCUT2D eigenvalue weighted by atomic mass is 16.5. The molecular weight excluding hydrogens is 228 g/mol. The van der Waals surface area contributed by atoms with Gasteiger partial charge in [-0.15, -0.1) is 0 Å². The SMILES string of the molecule is Cc1cc(C(=O)NO)c2cc(C(C)C)ccc2n1. The van der Waals surface area contributed by atoms with E-state index in [9.17, 15) is 4.79 Å². The van der Waals surface area contributed by atoms with E-state index in [4.69, 9.17) is 5.21 Å². The van der Waals surface area contributed by atoms with Crippen LogP contribution in [0.25, 0.3) is 10.9 Å². The molecule has 1 aromatic heterocycles. The summed E-state index contributed by atoms with van der Waals surface area (Å²) >= 11 is 0. The maximum absolute atomic E-state index is 11.7. The molecule has 0 unspecified atom stereocenters. The van der Waals surface area contributed by atoms with Crippen molar-refractivity contribution in [2.24, 2.45) is 0 Å². The maximum Gasteiger partial charge on any atom is 0.275 e. The Labute approximate surface area is 106 Å². The molecule has 0 aliphatic carbocycles. The molecule has 0 aliphatic rings. The van der Waals surface area contributed by atoms with Gasteiger partial charge < -0.3 is 0 Å². The zero-order valence-corrected chi connectivity index (χ0v) is 10.7. The Bertz CT molecular complexity index is 606. The number of nitrogens with zero attached hydrogens (tertiary/aromatic N) is 1. The van der Waals surface area contributed by atoms with Crippen molar-refractivity contribution in [3.8, 4) is 0 Å². The van der Waals surface area contributed by atoms with Gasteiger partial charge in [-0.2, -0.15) is 0 Å². The Morgan fingerprint density at radius 2 is 2.06 bits per heavy atom. The predicted molar refractivity (Wildman–Crippen MR) is 69.8 cm³/mol. The molecule has 4 heteroatoms. The summed E-state index contributed by atoms with van der Waals surface area (Å²) < 4.78 is 0. The van der Waals surface area contributed by atoms with Gasteiger partial charge in [0.2, 0.25) is 0 Å². The molecular formula is C14H16N2O2. The van der Waals surface area contributed by atoms with Gasteiger partial charge in [-0.3, -0.25) is 15.0 Å². The molecule has 0 bridgehead atoms. The second kappa shape index (κ2) is 4.74. The summed E-state index contributed by atoms with van der Waals surface area (Å²) in [5.74, 6) is -0.132. The molecule has 2 rings (SSSR count). The minimum Gasteiger partial charge on any atom is -0.288 e. The van der Waals surface area contributed by atoms with Crippen LogP contribution in [0.3, 0.4) is 0 Å². The maximum atomic E-state index is 11.7. The zero-order valence-electron chi connectivity index (χ0n) is 10.7. The van der Waals surface area contributed by atoms with Crippen molar-refractivity contribution < 1.29 is 10.0 Å². The van der Waals surface area contributed by atoms with E-state index in [0.29, 0.717) is 11.5 Å². The first-order chi connectivity index (χ1) is 8.52. The lowest BCUT2D eigenvalue weighted by atomic mass is 9.98. The van der Waals surface area contributed by atoms with Crippen molar-refractivity contribution in [2.45, 2.75) is 26.7 Å². The number of fused-ring (bicyclic) bond motifs is 1. The van der Waals surface area contributed by atoms with Crippen LogP contribution in [-0.2, 0) is 0 Å². The van der Waals surface area contributed by atoms with E-state index in [1.54, 1.807) is 11.5 Å². The number of amides is 1. The molecule has 0 atom stereocenters. The van der Waals surface area contributed by atoms with Crippen LogP contribution >= 0.6 is 0 Å². The van der Waals surface area contributed by atoms with Crippen LogP contribution in [-0.4, -0.2) is 16.1 Å². The number of benzene rings is 1. The molecule has 18 heavy (non-hydrogen) atoms. The summed E-state index contributed by atoms with van der Waals surface area (Å²) in [4.78, 5) is 16.1. The molecule has 0 radical (unpaired) electrons. The van der Waals surface area contributed by atoms with Gasteiger partial charge in [0.15, 0.2) is 0 Å². The lowest BCUT2D eigenvalue weighted by Gasteiger charge is -2.10. The van der Waals surface area contributed by atoms with E-state index in [1.165, 1.54) is 0 Å². The number of carbonyl (C=O) groups excluding carboxylic acids is 1. The summed E-state index contributed by atoms with van der Waals surface area (Å²) in [6.07, 6.45) is 0. The number of hydrogen-bond donors (Lipinski definition) is 2. The van der Waals surface area contributed by atoms with Crippen molar-refractivity contribution in [1.82, 2.24) is 10.5 Å². The molecule has 1 aromatic carbocycles. The molecule has 0 spiro atoms. The number of aromatic nitrogens is 1. The van der Waals surface area contributed by atoms with Gasteiger partial charge in [0.05, 0.1) is 11.1 Å². The van der Waals surface area contributed by atoms with Crippen molar-refractivity contribution in [1.29, 1.82) is 0 Å². The first kappa shape index (κ1) is 12.5. The Kier molecular flexibility index (Phi) is 3.30.